The Kier molecular flexibility index (Phi) is 4.41. The van der Waals surface area contributed by atoms with E-state index in [9.17, 15) is 9.59 Å². The molecule has 1 atom stereocenters. The van der Waals surface area contributed by atoms with E-state index >= 15 is 0 Å². The van der Waals surface area contributed by atoms with Gasteiger partial charge in [0, 0.05) is 45.0 Å². The Balaban J connectivity index is 1.38. The van der Waals surface area contributed by atoms with Gasteiger partial charge in [-0.05, 0) is 43.7 Å². The summed E-state index contributed by atoms with van der Waals surface area (Å²) in [6, 6.07) is 1.82. The van der Waals surface area contributed by atoms with Crippen molar-refractivity contribution in [2.24, 2.45) is 0 Å². The second-order valence-electron chi connectivity index (χ2n) is 7.10. The molecule has 4 rings (SSSR count). The number of rotatable bonds is 3. The van der Waals surface area contributed by atoms with Crippen molar-refractivity contribution in [3.63, 3.8) is 0 Å². The Hall–Kier alpha value is -1.66. The molecule has 6 nitrogen and oxygen atoms in total. The maximum absolute atomic E-state index is 12.7. The number of carbonyl (C=O) groups is 1. The minimum absolute atomic E-state index is 0.122. The number of hydrogen-bond donors (Lipinski definition) is 1. The highest BCUT2D eigenvalue weighted by molar-refractivity contribution is 5.94. The van der Waals surface area contributed by atoms with E-state index in [1.165, 1.54) is 0 Å². The van der Waals surface area contributed by atoms with Gasteiger partial charge in [-0.1, -0.05) is 0 Å². The summed E-state index contributed by atoms with van der Waals surface area (Å²) < 4.78 is 5.69. The van der Waals surface area contributed by atoms with Gasteiger partial charge in [0.25, 0.3) is 11.5 Å². The van der Waals surface area contributed by atoms with E-state index in [1.807, 2.05) is 11.0 Å². The Morgan fingerprint density at radius 3 is 2.79 bits per heavy atom. The van der Waals surface area contributed by atoms with Gasteiger partial charge in [0.15, 0.2) is 0 Å². The van der Waals surface area contributed by atoms with E-state index in [-0.39, 0.29) is 11.5 Å². The van der Waals surface area contributed by atoms with Crippen LogP contribution in [0.1, 0.15) is 40.9 Å². The number of pyridine rings is 1. The van der Waals surface area contributed by atoms with Gasteiger partial charge in [-0.15, -0.1) is 0 Å². The summed E-state index contributed by atoms with van der Waals surface area (Å²) >= 11 is 0. The Labute approximate surface area is 141 Å². The topological polar surface area (TPSA) is 65.6 Å². The van der Waals surface area contributed by atoms with Crippen molar-refractivity contribution < 1.29 is 9.53 Å². The fraction of sp³-hybridized carbons (Fsp3) is 0.667. The first-order chi connectivity index (χ1) is 11.7. The molecule has 0 radical (unpaired) electrons. The highest BCUT2D eigenvalue weighted by Gasteiger charge is 2.27. The number of aromatic amines is 1. The number of fused-ring (bicyclic) bond motifs is 1. The third kappa shape index (κ3) is 3.13. The number of ether oxygens (including phenoxy) is 1. The van der Waals surface area contributed by atoms with Crippen LogP contribution in [0.2, 0.25) is 0 Å². The molecule has 1 aliphatic carbocycles. The summed E-state index contributed by atoms with van der Waals surface area (Å²) in [4.78, 5) is 32.1. The van der Waals surface area contributed by atoms with Crippen LogP contribution in [0.3, 0.4) is 0 Å². The summed E-state index contributed by atoms with van der Waals surface area (Å²) in [6.45, 7) is 4.92. The molecule has 1 N–H and O–H groups in total. The predicted molar refractivity (Wildman–Crippen MR) is 90.4 cm³/mol. The van der Waals surface area contributed by atoms with Gasteiger partial charge in [0.2, 0.25) is 0 Å². The predicted octanol–water partition coefficient (Wildman–Crippen LogP) is 0.800. The third-order valence-electron chi connectivity index (χ3n) is 5.46. The van der Waals surface area contributed by atoms with Crippen molar-refractivity contribution >= 4 is 5.91 Å². The number of aromatic nitrogens is 1. The Morgan fingerprint density at radius 2 is 2.04 bits per heavy atom. The number of nitrogens with one attached hydrogen (secondary N) is 1. The van der Waals surface area contributed by atoms with Gasteiger partial charge < -0.3 is 14.6 Å². The van der Waals surface area contributed by atoms with Crippen LogP contribution in [-0.4, -0.2) is 66.1 Å². The summed E-state index contributed by atoms with van der Waals surface area (Å²) in [7, 11) is 0. The molecule has 1 aromatic heterocycles. The summed E-state index contributed by atoms with van der Waals surface area (Å²) in [6.07, 6.45) is 5.59. The second-order valence-corrected chi connectivity index (χ2v) is 7.10. The van der Waals surface area contributed by atoms with Crippen LogP contribution < -0.4 is 5.56 Å². The molecule has 24 heavy (non-hydrogen) atoms. The monoisotopic (exact) mass is 331 g/mol. The van der Waals surface area contributed by atoms with Crippen LogP contribution >= 0.6 is 0 Å². The van der Waals surface area contributed by atoms with Crippen LogP contribution in [0.25, 0.3) is 0 Å². The summed E-state index contributed by atoms with van der Waals surface area (Å²) in [5.74, 6) is -0.122. The molecular weight excluding hydrogens is 306 g/mol. The van der Waals surface area contributed by atoms with Gasteiger partial charge in [-0.2, -0.15) is 0 Å². The molecule has 6 heteroatoms. The molecule has 0 bridgehead atoms. The maximum Gasteiger partial charge on any atom is 0.261 e. The first-order valence-electron chi connectivity index (χ1n) is 9.09. The second kappa shape index (κ2) is 6.69. The summed E-state index contributed by atoms with van der Waals surface area (Å²) in [5.41, 5.74) is 2.22. The van der Waals surface area contributed by atoms with Gasteiger partial charge in [0.05, 0.1) is 6.10 Å². The lowest BCUT2D eigenvalue weighted by atomic mass is 10.1. The number of H-pyrrole nitrogens is 1. The van der Waals surface area contributed by atoms with Gasteiger partial charge in [0.1, 0.15) is 5.56 Å². The molecule has 130 valence electrons. The SMILES string of the molecule is O=C(c1cc2c([nH]c1=O)CCC2)N1CCN(C[C@H]2CCCO2)CC1. The zero-order valence-corrected chi connectivity index (χ0v) is 14.1. The molecule has 1 aromatic rings. The average Bonchev–Trinajstić information content (AvgIpc) is 3.25. The number of amides is 1. The van der Waals surface area contributed by atoms with Crippen molar-refractivity contribution in [3.8, 4) is 0 Å². The van der Waals surface area contributed by atoms with Crippen molar-refractivity contribution in [1.29, 1.82) is 0 Å². The lowest BCUT2D eigenvalue weighted by Crippen LogP contribution is -2.51. The average molecular weight is 331 g/mol. The highest BCUT2D eigenvalue weighted by atomic mass is 16.5. The molecule has 0 spiro atoms. The standard InChI is InChI=1S/C18H25N3O3/c22-17-15(11-13-3-1-5-16(13)19-17)18(23)21-8-6-20(7-9-21)12-14-4-2-10-24-14/h11,14H,1-10,12H2,(H,19,22)/t14-/m1/s1. The van der Waals surface area contributed by atoms with Gasteiger partial charge in [-0.25, -0.2) is 0 Å². The fourth-order valence-electron chi connectivity index (χ4n) is 4.05. The largest absolute Gasteiger partial charge is 0.377 e. The molecule has 2 aliphatic heterocycles. The van der Waals surface area contributed by atoms with Crippen LogP contribution in [0, 0.1) is 0 Å². The minimum atomic E-state index is -0.234. The number of hydrogen-bond acceptors (Lipinski definition) is 4. The molecule has 2 fully saturated rings. The van der Waals surface area contributed by atoms with Crippen LogP contribution in [0.15, 0.2) is 10.9 Å². The van der Waals surface area contributed by atoms with E-state index in [0.29, 0.717) is 24.8 Å². The maximum atomic E-state index is 12.7. The zero-order valence-electron chi connectivity index (χ0n) is 14.1. The van der Waals surface area contributed by atoms with Crippen molar-refractivity contribution in [2.45, 2.75) is 38.2 Å². The zero-order chi connectivity index (χ0) is 16.5. The van der Waals surface area contributed by atoms with Crippen molar-refractivity contribution in [2.75, 3.05) is 39.3 Å². The molecule has 0 aromatic carbocycles. The third-order valence-corrected chi connectivity index (χ3v) is 5.46. The smallest absolute Gasteiger partial charge is 0.261 e. The number of carbonyl (C=O) groups excluding carboxylic acids is 1. The number of aryl methyl sites for hydroxylation is 2. The lowest BCUT2D eigenvalue weighted by molar-refractivity contribution is 0.0432. The van der Waals surface area contributed by atoms with Crippen molar-refractivity contribution in [3.05, 3.63) is 33.2 Å². The van der Waals surface area contributed by atoms with E-state index in [0.717, 1.165) is 69.6 Å². The summed E-state index contributed by atoms with van der Waals surface area (Å²) in [5, 5.41) is 0. The van der Waals surface area contributed by atoms with E-state index in [2.05, 4.69) is 9.88 Å². The minimum Gasteiger partial charge on any atom is -0.377 e. The first-order valence-corrected chi connectivity index (χ1v) is 9.09. The van der Waals surface area contributed by atoms with Gasteiger partial charge >= 0.3 is 0 Å². The fourth-order valence-corrected chi connectivity index (χ4v) is 4.05. The Bertz CT molecular complexity index is 671. The molecular formula is C18H25N3O3. The normalized spacial score (nSPS) is 24.3. The molecule has 3 aliphatic rings. The number of nitrogens with zero attached hydrogens (tertiary/aromatic N) is 2. The molecule has 0 saturated carbocycles. The first kappa shape index (κ1) is 15.8. The van der Waals surface area contributed by atoms with E-state index in [4.69, 9.17) is 4.74 Å². The molecule has 1 amide bonds. The lowest BCUT2D eigenvalue weighted by Gasteiger charge is -2.35. The van der Waals surface area contributed by atoms with Crippen LogP contribution in [-0.2, 0) is 17.6 Å². The van der Waals surface area contributed by atoms with E-state index < -0.39 is 0 Å². The molecule has 3 heterocycles. The van der Waals surface area contributed by atoms with Gasteiger partial charge in [-0.3, -0.25) is 14.5 Å². The van der Waals surface area contributed by atoms with Crippen LogP contribution in [0.4, 0.5) is 0 Å². The Morgan fingerprint density at radius 1 is 1.21 bits per heavy atom. The molecule has 0 unspecified atom stereocenters. The number of piperazine rings is 1. The van der Waals surface area contributed by atoms with E-state index in [1.54, 1.807) is 0 Å². The quantitative estimate of drug-likeness (QED) is 0.890. The van der Waals surface area contributed by atoms with Crippen LogP contribution in [0.5, 0.6) is 0 Å². The highest BCUT2D eigenvalue weighted by Crippen LogP contribution is 2.20. The van der Waals surface area contributed by atoms with Crippen molar-refractivity contribution in [1.82, 2.24) is 14.8 Å². The molecule has 2 saturated heterocycles.